The van der Waals surface area contributed by atoms with E-state index in [0.717, 1.165) is 0 Å². The Labute approximate surface area is 117 Å². The zero-order valence-corrected chi connectivity index (χ0v) is 11.5. The van der Waals surface area contributed by atoms with E-state index in [0.29, 0.717) is 18.9 Å². The molecular weight excluding hydrogens is 264 g/mol. The first-order valence-electron chi connectivity index (χ1n) is 5.95. The molecule has 0 spiro atoms. The highest BCUT2D eigenvalue weighted by molar-refractivity contribution is 5.97. The summed E-state index contributed by atoms with van der Waals surface area (Å²) in [7, 11) is 2.97. The Kier molecular flexibility index (Phi) is 6.31. The van der Waals surface area contributed by atoms with Crippen molar-refractivity contribution in [2.24, 2.45) is 0 Å². The Morgan fingerprint density at radius 3 is 2.70 bits per heavy atom. The molecule has 7 nitrogen and oxygen atoms in total. The number of nitrogen functional groups attached to an aromatic ring is 1. The molecule has 3 N–H and O–H groups in total. The number of hydrogen-bond acceptors (Lipinski definition) is 6. The van der Waals surface area contributed by atoms with Crippen molar-refractivity contribution < 1.29 is 23.8 Å². The summed E-state index contributed by atoms with van der Waals surface area (Å²) < 4.78 is 14.6. The van der Waals surface area contributed by atoms with Gasteiger partial charge in [0.2, 0.25) is 0 Å². The van der Waals surface area contributed by atoms with Crippen LogP contribution >= 0.6 is 0 Å². The van der Waals surface area contributed by atoms with E-state index >= 15 is 0 Å². The van der Waals surface area contributed by atoms with Crippen molar-refractivity contribution in [2.75, 3.05) is 39.7 Å². The summed E-state index contributed by atoms with van der Waals surface area (Å²) >= 11 is 0. The molecule has 1 rings (SSSR count). The highest BCUT2D eigenvalue weighted by Crippen LogP contribution is 2.25. The van der Waals surface area contributed by atoms with Crippen LogP contribution in [0, 0.1) is 0 Å². The second-order valence-electron chi connectivity index (χ2n) is 3.84. The zero-order chi connectivity index (χ0) is 15.0. The minimum absolute atomic E-state index is 0.161. The number of rotatable bonds is 7. The third-order valence-electron chi connectivity index (χ3n) is 2.47. The molecule has 0 heterocycles. The van der Waals surface area contributed by atoms with Gasteiger partial charge in [0.1, 0.15) is 5.75 Å². The Morgan fingerprint density at radius 1 is 1.30 bits per heavy atom. The summed E-state index contributed by atoms with van der Waals surface area (Å²) in [6.45, 7) is 0.371. The molecule has 0 aliphatic rings. The Balaban J connectivity index is 2.53. The SMILES string of the molecule is COCCNC(=O)COC(=O)c1cccc(OC)c1N. The number of benzene rings is 1. The van der Waals surface area contributed by atoms with Gasteiger partial charge in [-0.25, -0.2) is 4.79 Å². The second kappa shape index (κ2) is 8.00. The van der Waals surface area contributed by atoms with E-state index in [1.54, 1.807) is 12.1 Å². The van der Waals surface area contributed by atoms with Crippen LogP contribution in [-0.4, -0.2) is 45.9 Å². The number of ether oxygens (including phenoxy) is 3. The van der Waals surface area contributed by atoms with Crippen molar-refractivity contribution in [3.05, 3.63) is 23.8 Å². The van der Waals surface area contributed by atoms with Crippen LogP contribution < -0.4 is 15.8 Å². The lowest BCUT2D eigenvalue weighted by atomic mass is 10.1. The summed E-state index contributed by atoms with van der Waals surface area (Å²) in [5.41, 5.74) is 6.10. The van der Waals surface area contributed by atoms with Gasteiger partial charge in [-0.15, -0.1) is 0 Å². The number of carbonyl (C=O) groups is 2. The Bertz CT molecular complexity index is 476. The fourth-order valence-electron chi connectivity index (χ4n) is 1.45. The van der Waals surface area contributed by atoms with Gasteiger partial charge in [0.05, 0.1) is 25.0 Å². The highest BCUT2D eigenvalue weighted by Gasteiger charge is 2.15. The number of amides is 1. The molecule has 1 aromatic carbocycles. The van der Waals surface area contributed by atoms with Gasteiger partial charge in [0.15, 0.2) is 6.61 Å². The number of methoxy groups -OCH3 is 2. The average Bonchev–Trinajstić information content (AvgIpc) is 2.45. The lowest BCUT2D eigenvalue weighted by Crippen LogP contribution is -2.31. The van der Waals surface area contributed by atoms with Crippen molar-refractivity contribution in [1.82, 2.24) is 5.32 Å². The molecule has 0 aliphatic carbocycles. The van der Waals surface area contributed by atoms with Gasteiger partial charge in [0.25, 0.3) is 5.91 Å². The molecule has 20 heavy (non-hydrogen) atoms. The first-order chi connectivity index (χ1) is 9.60. The number of esters is 1. The molecule has 0 saturated carbocycles. The number of hydrogen-bond donors (Lipinski definition) is 2. The number of carbonyl (C=O) groups excluding carboxylic acids is 2. The van der Waals surface area contributed by atoms with Crippen LogP contribution in [0.15, 0.2) is 18.2 Å². The van der Waals surface area contributed by atoms with Crippen LogP contribution in [0.3, 0.4) is 0 Å². The fraction of sp³-hybridized carbons (Fsp3) is 0.385. The Morgan fingerprint density at radius 2 is 2.05 bits per heavy atom. The minimum Gasteiger partial charge on any atom is -0.495 e. The predicted octanol–water partition coefficient (Wildman–Crippen LogP) is 0.197. The molecule has 0 aromatic heterocycles. The smallest absolute Gasteiger partial charge is 0.340 e. The van der Waals surface area contributed by atoms with Gasteiger partial charge in [-0.1, -0.05) is 6.07 Å². The number of nitrogens with two attached hydrogens (primary N) is 1. The highest BCUT2D eigenvalue weighted by atomic mass is 16.5. The van der Waals surface area contributed by atoms with E-state index in [4.69, 9.17) is 19.9 Å². The van der Waals surface area contributed by atoms with E-state index in [-0.39, 0.29) is 17.9 Å². The van der Waals surface area contributed by atoms with E-state index in [1.165, 1.54) is 20.3 Å². The van der Waals surface area contributed by atoms with Gasteiger partial charge < -0.3 is 25.3 Å². The van der Waals surface area contributed by atoms with Crippen LogP contribution in [0.4, 0.5) is 5.69 Å². The number of anilines is 1. The molecule has 110 valence electrons. The molecule has 0 atom stereocenters. The average molecular weight is 282 g/mol. The summed E-state index contributed by atoms with van der Waals surface area (Å²) in [4.78, 5) is 23.2. The largest absolute Gasteiger partial charge is 0.495 e. The molecule has 0 aliphatic heterocycles. The standard InChI is InChI=1S/C13H18N2O5/c1-18-7-6-15-11(16)8-20-13(17)9-4-3-5-10(19-2)12(9)14/h3-5H,6-8,14H2,1-2H3,(H,15,16). The maximum Gasteiger partial charge on any atom is 0.340 e. The molecular formula is C13H18N2O5. The van der Waals surface area contributed by atoms with E-state index in [2.05, 4.69) is 5.32 Å². The third kappa shape index (κ3) is 4.43. The zero-order valence-electron chi connectivity index (χ0n) is 11.5. The molecule has 0 saturated heterocycles. The summed E-state index contributed by atoms with van der Waals surface area (Å²) in [6.07, 6.45) is 0. The van der Waals surface area contributed by atoms with Crippen molar-refractivity contribution in [3.8, 4) is 5.75 Å². The van der Waals surface area contributed by atoms with Crippen molar-refractivity contribution in [3.63, 3.8) is 0 Å². The van der Waals surface area contributed by atoms with E-state index in [1.807, 2.05) is 0 Å². The monoisotopic (exact) mass is 282 g/mol. The van der Waals surface area contributed by atoms with Crippen molar-refractivity contribution in [2.45, 2.75) is 0 Å². The summed E-state index contributed by atoms with van der Waals surface area (Å²) in [6, 6.07) is 4.75. The van der Waals surface area contributed by atoms with Gasteiger partial charge in [-0.3, -0.25) is 4.79 Å². The molecule has 0 radical (unpaired) electrons. The lowest BCUT2D eigenvalue weighted by molar-refractivity contribution is -0.124. The van der Waals surface area contributed by atoms with Crippen LogP contribution in [0.5, 0.6) is 5.75 Å². The molecule has 7 heteroatoms. The molecule has 1 amide bonds. The molecule has 1 aromatic rings. The maximum absolute atomic E-state index is 11.8. The van der Waals surface area contributed by atoms with Gasteiger partial charge in [-0.05, 0) is 12.1 Å². The fourth-order valence-corrected chi connectivity index (χ4v) is 1.45. The molecule has 0 bridgehead atoms. The van der Waals surface area contributed by atoms with Crippen LogP contribution in [-0.2, 0) is 14.3 Å². The van der Waals surface area contributed by atoms with Crippen LogP contribution in [0.2, 0.25) is 0 Å². The third-order valence-corrected chi connectivity index (χ3v) is 2.47. The lowest BCUT2D eigenvalue weighted by Gasteiger charge is -2.10. The second-order valence-corrected chi connectivity index (χ2v) is 3.84. The van der Waals surface area contributed by atoms with Crippen molar-refractivity contribution in [1.29, 1.82) is 0 Å². The van der Waals surface area contributed by atoms with Gasteiger partial charge >= 0.3 is 5.97 Å². The number of nitrogens with one attached hydrogen (secondary N) is 1. The van der Waals surface area contributed by atoms with Gasteiger partial charge in [0, 0.05) is 13.7 Å². The van der Waals surface area contributed by atoms with E-state index in [9.17, 15) is 9.59 Å². The topological polar surface area (TPSA) is 99.9 Å². The minimum atomic E-state index is -0.678. The number of para-hydroxylation sites is 1. The maximum atomic E-state index is 11.8. The van der Waals surface area contributed by atoms with Crippen LogP contribution in [0.1, 0.15) is 10.4 Å². The first-order valence-corrected chi connectivity index (χ1v) is 5.95. The molecule has 0 unspecified atom stereocenters. The van der Waals surface area contributed by atoms with E-state index < -0.39 is 11.9 Å². The predicted molar refractivity (Wildman–Crippen MR) is 72.6 cm³/mol. The summed E-state index contributed by atoms with van der Waals surface area (Å²) in [5, 5.41) is 2.53. The Hall–Kier alpha value is -2.28. The quantitative estimate of drug-likeness (QED) is 0.421. The molecule has 0 fully saturated rings. The first kappa shape index (κ1) is 15.8. The van der Waals surface area contributed by atoms with Gasteiger partial charge in [-0.2, -0.15) is 0 Å². The van der Waals surface area contributed by atoms with Crippen molar-refractivity contribution >= 4 is 17.6 Å². The van der Waals surface area contributed by atoms with Crippen LogP contribution in [0.25, 0.3) is 0 Å². The summed E-state index contributed by atoms with van der Waals surface area (Å²) in [5.74, 6) is -0.704. The normalized spacial score (nSPS) is 9.90.